The van der Waals surface area contributed by atoms with Crippen LogP contribution in [0.2, 0.25) is 0 Å². The highest BCUT2D eigenvalue weighted by molar-refractivity contribution is 5.95. The number of anilines is 2. The normalized spacial score (nSPS) is 18.4. The van der Waals surface area contributed by atoms with Crippen molar-refractivity contribution in [2.45, 2.75) is 45.2 Å². The monoisotopic (exact) mass is 418 g/mol. The third-order valence-corrected chi connectivity index (χ3v) is 5.97. The van der Waals surface area contributed by atoms with Gasteiger partial charge < -0.3 is 4.90 Å². The zero-order chi connectivity index (χ0) is 21.4. The smallest absolute Gasteiger partial charge is 0.228 e. The molecule has 3 aromatic rings. The molecule has 7 nitrogen and oxygen atoms in total. The molecule has 2 aliphatic rings. The van der Waals surface area contributed by atoms with Crippen molar-refractivity contribution in [3.63, 3.8) is 0 Å². The molecule has 0 unspecified atom stereocenters. The molecule has 158 valence electrons. The minimum atomic E-state index is -0.293. The van der Waals surface area contributed by atoms with E-state index in [-0.39, 0.29) is 17.8 Å². The van der Waals surface area contributed by atoms with Crippen LogP contribution in [0.25, 0.3) is 0 Å². The Morgan fingerprint density at radius 2 is 1.87 bits per heavy atom. The lowest BCUT2D eigenvalue weighted by molar-refractivity contribution is -0.119. The van der Waals surface area contributed by atoms with Crippen LogP contribution in [0.5, 0.6) is 0 Å². The number of hydrogen-bond donors (Lipinski definition) is 0. The Labute approximate surface area is 180 Å². The van der Waals surface area contributed by atoms with Gasteiger partial charge in [-0.05, 0) is 49.9 Å². The lowest BCUT2D eigenvalue weighted by Gasteiger charge is -2.31. The van der Waals surface area contributed by atoms with Crippen molar-refractivity contribution in [2.75, 3.05) is 16.3 Å². The maximum absolute atomic E-state index is 13.3. The minimum Gasteiger partial charge on any atom is -0.331 e. The fourth-order valence-electron chi connectivity index (χ4n) is 4.40. The molecule has 0 aliphatic carbocycles. The molecule has 8 heteroatoms. The Hall–Kier alpha value is -3.42. The summed E-state index contributed by atoms with van der Waals surface area (Å²) in [5.74, 6) is 1.77. The van der Waals surface area contributed by atoms with E-state index in [0.29, 0.717) is 37.0 Å². The first-order valence-electron chi connectivity index (χ1n) is 10.6. The van der Waals surface area contributed by atoms with Crippen LogP contribution in [0.4, 0.5) is 16.2 Å². The third-order valence-electron chi connectivity index (χ3n) is 5.97. The van der Waals surface area contributed by atoms with Gasteiger partial charge in [0.2, 0.25) is 11.9 Å². The van der Waals surface area contributed by atoms with Gasteiger partial charge in [0.15, 0.2) is 5.82 Å². The average Bonchev–Trinajstić information content (AvgIpc) is 3.28. The fourth-order valence-corrected chi connectivity index (χ4v) is 4.40. The lowest BCUT2D eigenvalue weighted by atomic mass is 10.0. The third kappa shape index (κ3) is 3.73. The maximum atomic E-state index is 13.3. The van der Waals surface area contributed by atoms with Gasteiger partial charge >= 0.3 is 0 Å². The van der Waals surface area contributed by atoms with Gasteiger partial charge in [0, 0.05) is 36.6 Å². The molecule has 1 saturated heterocycles. The van der Waals surface area contributed by atoms with Crippen LogP contribution in [-0.4, -0.2) is 32.4 Å². The molecule has 4 heterocycles. The Balaban J connectivity index is 1.52. The number of carbonyl (C=O) groups excluding carboxylic acids is 1. The Bertz CT molecular complexity index is 1110. The molecule has 1 amide bonds. The van der Waals surface area contributed by atoms with Crippen molar-refractivity contribution in [1.82, 2.24) is 19.9 Å². The first-order valence-corrected chi connectivity index (χ1v) is 10.6. The van der Waals surface area contributed by atoms with E-state index in [1.165, 1.54) is 12.1 Å². The summed E-state index contributed by atoms with van der Waals surface area (Å²) in [7, 11) is 0. The summed E-state index contributed by atoms with van der Waals surface area (Å²) >= 11 is 0. The minimum absolute atomic E-state index is 0.0237. The van der Waals surface area contributed by atoms with Crippen molar-refractivity contribution >= 4 is 17.7 Å². The highest BCUT2D eigenvalue weighted by Crippen LogP contribution is 2.36. The second-order valence-corrected chi connectivity index (χ2v) is 7.98. The topological polar surface area (TPSA) is 75.1 Å². The predicted molar refractivity (Wildman–Crippen MR) is 114 cm³/mol. The van der Waals surface area contributed by atoms with Crippen molar-refractivity contribution in [3.05, 3.63) is 71.2 Å². The van der Waals surface area contributed by atoms with E-state index in [0.717, 1.165) is 36.2 Å². The number of hydrogen-bond acceptors (Lipinski definition) is 6. The van der Waals surface area contributed by atoms with Crippen LogP contribution in [0.15, 0.2) is 42.7 Å². The fraction of sp³-hybridized carbons (Fsp3) is 0.348. The molecule has 0 bridgehead atoms. The number of amides is 1. The molecular weight excluding hydrogens is 395 g/mol. The predicted octanol–water partition coefficient (Wildman–Crippen LogP) is 3.54. The first-order chi connectivity index (χ1) is 15.1. The molecule has 0 saturated carbocycles. The van der Waals surface area contributed by atoms with Gasteiger partial charge in [0.25, 0.3) is 0 Å². The number of halogens is 1. The van der Waals surface area contributed by atoms with Crippen LogP contribution < -0.4 is 9.80 Å². The highest BCUT2D eigenvalue weighted by Gasteiger charge is 2.34. The van der Waals surface area contributed by atoms with Gasteiger partial charge in [-0.1, -0.05) is 12.1 Å². The van der Waals surface area contributed by atoms with E-state index in [1.807, 2.05) is 6.92 Å². The SMILES string of the molecule is Cc1nc([C@H]2CCCN2c2ncccn2)nc2c1CCC(=O)N2Cc1ccc(F)cc1. The molecule has 0 radical (unpaired) electrons. The summed E-state index contributed by atoms with van der Waals surface area (Å²) in [5, 5.41) is 0. The van der Waals surface area contributed by atoms with E-state index >= 15 is 0 Å². The molecule has 0 spiro atoms. The van der Waals surface area contributed by atoms with Crippen LogP contribution in [0.1, 0.15) is 47.9 Å². The van der Waals surface area contributed by atoms with Crippen molar-refractivity contribution in [3.8, 4) is 0 Å². The van der Waals surface area contributed by atoms with Crippen LogP contribution in [0, 0.1) is 12.7 Å². The van der Waals surface area contributed by atoms with Crippen LogP contribution in [-0.2, 0) is 17.8 Å². The van der Waals surface area contributed by atoms with E-state index in [2.05, 4.69) is 14.9 Å². The summed E-state index contributed by atoms with van der Waals surface area (Å²) in [6, 6.07) is 8.01. The zero-order valence-corrected chi connectivity index (χ0v) is 17.3. The highest BCUT2D eigenvalue weighted by atomic mass is 19.1. The molecular formula is C23H23FN6O. The van der Waals surface area contributed by atoms with Crippen LogP contribution in [0.3, 0.4) is 0 Å². The Morgan fingerprint density at radius 3 is 2.65 bits per heavy atom. The Kier molecular flexibility index (Phi) is 5.05. The number of benzene rings is 1. The van der Waals surface area contributed by atoms with Gasteiger partial charge in [-0.3, -0.25) is 9.69 Å². The summed E-state index contributed by atoms with van der Waals surface area (Å²) in [4.78, 5) is 35.2. The first kappa shape index (κ1) is 19.5. The lowest BCUT2D eigenvalue weighted by Crippen LogP contribution is -2.37. The largest absolute Gasteiger partial charge is 0.331 e. The van der Waals surface area contributed by atoms with Crippen molar-refractivity contribution in [1.29, 1.82) is 0 Å². The number of aromatic nitrogens is 4. The van der Waals surface area contributed by atoms with Crippen molar-refractivity contribution < 1.29 is 9.18 Å². The molecule has 5 rings (SSSR count). The quantitative estimate of drug-likeness (QED) is 0.645. The number of carbonyl (C=O) groups is 1. The van der Waals surface area contributed by atoms with E-state index in [4.69, 9.17) is 9.97 Å². The molecule has 1 aromatic carbocycles. The summed E-state index contributed by atoms with van der Waals surface area (Å²) in [6.07, 6.45) is 6.43. The Morgan fingerprint density at radius 1 is 1.10 bits per heavy atom. The second-order valence-electron chi connectivity index (χ2n) is 7.98. The number of fused-ring (bicyclic) bond motifs is 1. The summed E-state index contributed by atoms with van der Waals surface area (Å²) < 4.78 is 13.3. The van der Waals surface area contributed by atoms with Gasteiger partial charge in [-0.2, -0.15) is 0 Å². The molecule has 1 fully saturated rings. The van der Waals surface area contributed by atoms with Crippen LogP contribution >= 0.6 is 0 Å². The standard InChI is InChI=1S/C23H23FN6O/c1-15-18-9-10-20(31)30(14-16-5-7-17(24)8-6-16)22(18)28-21(27-15)19-4-2-13-29(19)23-25-11-3-12-26-23/h3,5-8,11-12,19H,2,4,9-10,13-14H2,1H3/t19-/m1/s1. The van der Waals surface area contributed by atoms with Gasteiger partial charge in [0.05, 0.1) is 12.6 Å². The second kappa shape index (κ2) is 8.02. The number of aryl methyl sites for hydroxylation is 1. The van der Waals surface area contributed by atoms with E-state index in [1.54, 1.807) is 35.5 Å². The van der Waals surface area contributed by atoms with Gasteiger partial charge in [-0.25, -0.2) is 24.3 Å². The zero-order valence-electron chi connectivity index (χ0n) is 17.3. The van der Waals surface area contributed by atoms with Crippen molar-refractivity contribution in [2.24, 2.45) is 0 Å². The number of rotatable bonds is 4. The average molecular weight is 418 g/mol. The molecule has 2 aromatic heterocycles. The maximum Gasteiger partial charge on any atom is 0.228 e. The summed E-state index contributed by atoms with van der Waals surface area (Å²) in [6.45, 7) is 3.18. The summed E-state index contributed by atoms with van der Waals surface area (Å²) in [5.41, 5.74) is 2.77. The van der Waals surface area contributed by atoms with E-state index in [9.17, 15) is 9.18 Å². The van der Waals surface area contributed by atoms with E-state index < -0.39 is 0 Å². The van der Waals surface area contributed by atoms with Gasteiger partial charge in [0.1, 0.15) is 11.6 Å². The molecule has 2 aliphatic heterocycles. The number of nitrogens with zero attached hydrogens (tertiary/aromatic N) is 6. The van der Waals surface area contributed by atoms with Gasteiger partial charge in [-0.15, -0.1) is 0 Å². The molecule has 1 atom stereocenters. The molecule has 0 N–H and O–H groups in total. The molecule has 31 heavy (non-hydrogen) atoms.